The third-order valence-corrected chi connectivity index (χ3v) is 4.20. The topological polar surface area (TPSA) is 43.1 Å². The van der Waals surface area contributed by atoms with Gasteiger partial charge in [0.05, 0.1) is 8.49 Å². The smallest absolute Gasteiger partial charge is 0.258 e. The van der Waals surface area contributed by atoms with Crippen LogP contribution in [0.5, 0.6) is 0 Å². The van der Waals surface area contributed by atoms with Crippen molar-refractivity contribution in [1.82, 2.24) is 0 Å². The summed E-state index contributed by atoms with van der Waals surface area (Å²) in [5, 5.41) is 10.7. The molecule has 0 spiro atoms. The molecule has 0 aliphatic rings. The van der Waals surface area contributed by atoms with Gasteiger partial charge in [-0.3, -0.25) is 10.1 Å². The van der Waals surface area contributed by atoms with Crippen LogP contribution in [-0.2, 0) is 0 Å². The number of benzene rings is 1. The molecule has 1 aromatic rings. The average Bonchev–Trinajstić information content (AvgIpc) is 2.29. The molecule has 3 nitrogen and oxygen atoms in total. The van der Waals surface area contributed by atoms with Crippen LogP contribution in [0.25, 0.3) is 0 Å². The summed E-state index contributed by atoms with van der Waals surface area (Å²) >= 11 is 7.81. The summed E-state index contributed by atoms with van der Waals surface area (Å²) in [5.41, 5.74) is 0.289. The third kappa shape index (κ3) is 3.28. The van der Waals surface area contributed by atoms with Crippen LogP contribution in [0.2, 0.25) is 0 Å². The molecular weight excluding hydrogens is 359 g/mol. The number of nitro benzene ring substituents is 1. The fraction of sp³-hybridized carbons (Fsp3) is 0.455. The minimum absolute atomic E-state index is 0.0672. The normalized spacial score (nSPS) is 14.4. The zero-order chi connectivity index (χ0) is 13.2. The Kier molecular flexibility index (Phi) is 5.12. The Labute approximate surface area is 118 Å². The van der Waals surface area contributed by atoms with Crippen molar-refractivity contribution in [3.05, 3.63) is 37.2 Å². The quantitative estimate of drug-likeness (QED) is 0.339. The van der Waals surface area contributed by atoms with Crippen LogP contribution in [-0.4, -0.2) is 10.3 Å². The van der Waals surface area contributed by atoms with E-state index in [2.05, 4.69) is 0 Å². The molecule has 0 aliphatic heterocycles. The van der Waals surface area contributed by atoms with Gasteiger partial charge in [-0.05, 0) is 35.1 Å². The molecular formula is C11H12ClFINO2. The van der Waals surface area contributed by atoms with Crippen LogP contribution in [0.1, 0.15) is 31.7 Å². The van der Waals surface area contributed by atoms with Crippen molar-refractivity contribution >= 4 is 39.9 Å². The monoisotopic (exact) mass is 371 g/mol. The van der Waals surface area contributed by atoms with Gasteiger partial charge in [0.25, 0.3) is 5.69 Å². The molecule has 0 radical (unpaired) electrons. The molecule has 17 heavy (non-hydrogen) atoms. The second kappa shape index (κ2) is 5.95. The molecule has 0 bridgehead atoms. The Morgan fingerprint density at radius 3 is 2.65 bits per heavy atom. The summed E-state index contributed by atoms with van der Waals surface area (Å²) in [7, 11) is 0. The average molecular weight is 372 g/mol. The van der Waals surface area contributed by atoms with Gasteiger partial charge in [-0.25, -0.2) is 4.39 Å². The summed E-state index contributed by atoms with van der Waals surface area (Å²) < 4.78 is 13.7. The van der Waals surface area contributed by atoms with Crippen molar-refractivity contribution in [3.8, 4) is 0 Å². The minimum Gasteiger partial charge on any atom is -0.258 e. The molecule has 0 aromatic heterocycles. The first kappa shape index (κ1) is 14.6. The first-order valence-electron chi connectivity index (χ1n) is 5.15. The first-order valence-corrected chi connectivity index (χ1v) is 6.67. The molecule has 1 aromatic carbocycles. The fourth-order valence-electron chi connectivity index (χ4n) is 1.62. The Morgan fingerprint density at radius 2 is 2.18 bits per heavy atom. The van der Waals surface area contributed by atoms with E-state index in [0.29, 0.717) is 12.0 Å². The molecule has 1 rings (SSSR count). The van der Waals surface area contributed by atoms with Crippen molar-refractivity contribution in [2.24, 2.45) is 0 Å². The maximum atomic E-state index is 13.5. The molecule has 94 valence electrons. The lowest BCUT2D eigenvalue weighted by molar-refractivity contribution is -0.385. The van der Waals surface area contributed by atoms with Gasteiger partial charge in [0.15, 0.2) is 0 Å². The highest BCUT2D eigenvalue weighted by Gasteiger charge is 2.25. The number of nitro groups is 1. The zero-order valence-electron chi connectivity index (χ0n) is 9.41. The van der Waals surface area contributed by atoms with Crippen molar-refractivity contribution in [1.29, 1.82) is 0 Å². The van der Waals surface area contributed by atoms with Crippen molar-refractivity contribution in [3.63, 3.8) is 0 Å². The fourth-order valence-corrected chi connectivity index (χ4v) is 2.21. The van der Waals surface area contributed by atoms with Crippen molar-refractivity contribution in [2.75, 3.05) is 0 Å². The lowest BCUT2D eigenvalue weighted by Gasteiger charge is -2.17. The number of nitrogens with zero attached hydrogens (tertiary/aromatic N) is 1. The summed E-state index contributed by atoms with van der Waals surface area (Å²) in [4.78, 5) is 10.4. The Balaban J connectivity index is 3.30. The van der Waals surface area contributed by atoms with Gasteiger partial charge in [-0.1, -0.05) is 13.8 Å². The number of halogens is 3. The third-order valence-electron chi connectivity index (χ3n) is 2.69. The number of hydrogen-bond acceptors (Lipinski definition) is 2. The highest BCUT2D eigenvalue weighted by molar-refractivity contribution is 14.1. The summed E-state index contributed by atoms with van der Waals surface area (Å²) in [6, 6.07) is 2.47. The van der Waals surface area contributed by atoms with E-state index in [9.17, 15) is 14.5 Å². The van der Waals surface area contributed by atoms with E-state index in [4.69, 9.17) is 11.6 Å². The van der Waals surface area contributed by atoms with E-state index in [1.807, 2.05) is 6.92 Å². The SMILES string of the molecule is CCC(Cl)C(C)c1cc(F)c(I)cc1[N+](=O)[O-]. The Hall–Kier alpha value is -0.430. The van der Waals surface area contributed by atoms with Crippen LogP contribution < -0.4 is 0 Å². The van der Waals surface area contributed by atoms with E-state index < -0.39 is 10.7 Å². The van der Waals surface area contributed by atoms with Crippen molar-refractivity contribution < 1.29 is 9.31 Å². The molecule has 0 amide bonds. The second-order valence-corrected chi connectivity index (χ2v) is 5.52. The molecule has 2 unspecified atom stereocenters. The molecule has 6 heteroatoms. The van der Waals surface area contributed by atoms with E-state index in [0.717, 1.165) is 0 Å². The summed E-state index contributed by atoms with van der Waals surface area (Å²) in [6.07, 6.45) is 0.674. The minimum atomic E-state index is -0.493. The van der Waals surface area contributed by atoms with Crippen LogP contribution in [0.4, 0.5) is 10.1 Å². The van der Waals surface area contributed by atoms with Gasteiger partial charge in [0.2, 0.25) is 0 Å². The molecule has 0 aliphatic carbocycles. The lowest BCUT2D eigenvalue weighted by atomic mass is 9.94. The summed E-state index contributed by atoms with van der Waals surface area (Å²) in [5.74, 6) is -0.702. The number of hydrogen-bond donors (Lipinski definition) is 0. The Bertz CT molecular complexity index is 442. The lowest BCUT2D eigenvalue weighted by Crippen LogP contribution is -2.11. The van der Waals surface area contributed by atoms with E-state index in [1.165, 1.54) is 12.1 Å². The van der Waals surface area contributed by atoms with Gasteiger partial charge < -0.3 is 0 Å². The molecule has 0 saturated heterocycles. The van der Waals surface area contributed by atoms with Crippen LogP contribution in [0.3, 0.4) is 0 Å². The molecule has 0 N–H and O–H groups in total. The predicted octanol–water partition coefficient (Wildman–Crippen LogP) is 4.46. The first-order chi connectivity index (χ1) is 7.88. The van der Waals surface area contributed by atoms with Gasteiger partial charge in [-0.2, -0.15) is 0 Å². The second-order valence-electron chi connectivity index (χ2n) is 3.80. The van der Waals surface area contributed by atoms with Crippen molar-refractivity contribution in [2.45, 2.75) is 31.6 Å². The van der Waals surface area contributed by atoms with Gasteiger partial charge in [0, 0.05) is 22.9 Å². The van der Waals surface area contributed by atoms with Crippen LogP contribution in [0, 0.1) is 19.5 Å². The predicted molar refractivity (Wildman–Crippen MR) is 74.1 cm³/mol. The standard InChI is InChI=1S/C11H12ClFINO2/c1-3-8(12)6(2)7-4-9(13)10(14)5-11(7)15(16)17/h4-6,8H,3H2,1-2H3. The molecule has 2 atom stereocenters. The summed E-state index contributed by atoms with van der Waals surface area (Å²) in [6.45, 7) is 3.67. The van der Waals surface area contributed by atoms with Gasteiger partial charge in [0.1, 0.15) is 5.82 Å². The molecule has 0 heterocycles. The van der Waals surface area contributed by atoms with Crippen LogP contribution >= 0.6 is 34.2 Å². The Morgan fingerprint density at radius 1 is 1.59 bits per heavy atom. The van der Waals surface area contributed by atoms with Gasteiger partial charge in [-0.15, -0.1) is 11.6 Å². The highest BCUT2D eigenvalue weighted by atomic mass is 127. The molecule has 0 fully saturated rings. The van der Waals surface area contributed by atoms with Gasteiger partial charge >= 0.3 is 0 Å². The largest absolute Gasteiger partial charge is 0.274 e. The highest BCUT2D eigenvalue weighted by Crippen LogP contribution is 2.34. The molecule has 0 saturated carbocycles. The van der Waals surface area contributed by atoms with E-state index in [1.54, 1.807) is 29.5 Å². The maximum Gasteiger partial charge on any atom is 0.274 e. The number of alkyl halides is 1. The van der Waals surface area contributed by atoms with E-state index >= 15 is 0 Å². The number of rotatable bonds is 4. The maximum absolute atomic E-state index is 13.5. The van der Waals surface area contributed by atoms with Crippen LogP contribution in [0.15, 0.2) is 12.1 Å². The zero-order valence-corrected chi connectivity index (χ0v) is 12.3. The van der Waals surface area contributed by atoms with E-state index in [-0.39, 0.29) is 20.6 Å².